The molecule has 7 heteroatoms. The van der Waals surface area contributed by atoms with Gasteiger partial charge in [0.05, 0.1) is 18.6 Å². The summed E-state index contributed by atoms with van der Waals surface area (Å²) in [7, 11) is 0. The van der Waals surface area contributed by atoms with Gasteiger partial charge in [-0.15, -0.1) is 0 Å². The van der Waals surface area contributed by atoms with E-state index in [1.807, 2.05) is 24.3 Å². The molecule has 1 heterocycles. The molecule has 0 bridgehead atoms. The fraction of sp³-hybridized carbons (Fsp3) is 0.292. The van der Waals surface area contributed by atoms with Crippen LogP contribution in [0.15, 0.2) is 53.0 Å². The van der Waals surface area contributed by atoms with Crippen LogP contribution in [0.5, 0.6) is 0 Å². The third-order valence-electron chi connectivity index (χ3n) is 5.07. The number of aliphatic hydroxyl groups excluding tert-OH is 2. The molecule has 3 rings (SSSR count). The molecule has 164 valence electrons. The normalized spacial score (nSPS) is 13.9. The number of benzene rings is 2. The van der Waals surface area contributed by atoms with Crippen molar-refractivity contribution >= 4 is 38.9 Å². The number of nitrogens with zero attached hydrogens (tertiary/aromatic N) is 1. The fourth-order valence-electron chi connectivity index (χ4n) is 3.82. The molecule has 2 aromatic carbocycles. The largest absolute Gasteiger partial charge is 0.481 e. The maximum absolute atomic E-state index is 13.7. The maximum atomic E-state index is 13.7. The van der Waals surface area contributed by atoms with E-state index in [0.717, 1.165) is 27.7 Å². The third kappa shape index (κ3) is 5.23. The molecule has 0 spiro atoms. The van der Waals surface area contributed by atoms with E-state index in [1.54, 1.807) is 18.2 Å². The number of carboxylic acid groups (broad SMARTS) is 1. The lowest BCUT2D eigenvalue weighted by atomic mass is 10.0. The number of halogens is 2. The van der Waals surface area contributed by atoms with E-state index in [-0.39, 0.29) is 18.3 Å². The zero-order chi connectivity index (χ0) is 22.7. The lowest BCUT2D eigenvalue weighted by molar-refractivity contribution is -0.139. The lowest BCUT2D eigenvalue weighted by Crippen LogP contribution is -2.19. The SMILES string of the molecule is CC(C)n1c(/C=C/[C@@H](O)C[C@@H](O)CC(=O)O)c(-c2ccc(F)cc2Br)c2ccccc21. The summed E-state index contributed by atoms with van der Waals surface area (Å²) in [6, 6.07) is 12.6. The van der Waals surface area contributed by atoms with E-state index in [2.05, 4.69) is 34.3 Å². The average Bonchev–Trinajstić information content (AvgIpc) is 3.00. The van der Waals surface area contributed by atoms with Crippen LogP contribution in [0.25, 0.3) is 28.1 Å². The highest BCUT2D eigenvalue weighted by molar-refractivity contribution is 9.10. The predicted octanol–water partition coefficient (Wildman–Crippen LogP) is 5.39. The molecule has 0 saturated carbocycles. The number of rotatable bonds is 8. The average molecular weight is 490 g/mol. The standard InChI is InChI=1S/C24H25BrFNO4/c1-14(2)27-21-6-4-3-5-19(21)24(18-9-7-15(26)11-20(18)25)22(27)10-8-16(28)12-17(29)13-23(30)31/h3-11,14,16-17,28-29H,12-13H2,1-2H3,(H,30,31)/b10-8+/t16-,17-/m1/s1. The van der Waals surface area contributed by atoms with Crippen LogP contribution in [0.4, 0.5) is 4.39 Å². The quantitative estimate of drug-likeness (QED) is 0.396. The van der Waals surface area contributed by atoms with E-state index < -0.39 is 24.6 Å². The van der Waals surface area contributed by atoms with Gasteiger partial charge in [-0.05, 0) is 43.7 Å². The fourth-order valence-corrected chi connectivity index (χ4v) is 4.37. The van der Waals surface area contributed by atoms with Crippen molar-refractivity contribution < 1.29 is 24.5 Å². The van der Waals surface area contributed by atoms with Crippen molar-refractivity contribution in [3.05, 3.63) is 64.5 Å². The maximum Gasteiger partial charge on any atom is 0.305 e. The van der Waals surface area contributed by atoms with E-state index >= 15 is 0 Å². The van der Waals surface area contributed by atoms with Gasteiger partial charge in [-0.25, -0.2) is 4.39 Å². The second kappa shape index (κ2) is 9.77. The molecule has 0 aliphatic rings. The predicted molar refractivity (Wildman–Crippen MR) is 123 cm³/mol. The molecule has 31 heavy (non-hydrogen) atoms. The molecular formula is C24H25BrFNO4. The minimum Gasteiger partial charge on any atom is -0.481 e. The molecule has 0 radical (unpaired) electrons. The first-order chi connectivity index (χ1) is 14.7. The van der Waals surface area contributed by atoms with Crippen molar-refractivity contribution in [1.82, 2.24) is 4.57 Å². The molecular weight excluding hydrogens is 465 g/mol. The summed E-state index contributed by atoms with van der Waals surface area (Å²) < 4.78 is 16.5. The van der Waals surface area contributed by atoms with Gasteiger partial charge in [0, 0.05) is 39.1 Å². The van der Waals surface area contributed by atoms with Crippen LogP contribution < -0.4 is 0 Å². The molecule has 0 aliphatic carbocycles. The van der Waals surface area contributed by atoms with Gasteiger partial charge in [0.15, 0.2) is 0 Å². The molecule has 3 N–H and O–H groups in total. The number of carbonyl (C=O) groups is 1. The summed E-state index contributed by atoms with van der Waals surface area (Å²) in [6.07, 6.45) is 0.671. The summed E-state index contributed by atoms with van der Waals surface area (Å²) in [5.74, 6) is -1.46. The Bertz CT molecular complexity index is 1120. The summed E-state index contributed by atoms with van der Waals surface area (Å²) in [5.41, 5.74) is 3.54. The number of aliphatic carboxylic acids is 1. The molecule has 5 nitrogen and oxygen atoms in total. The minimum atomic E-state index is -1.14. The monoisotopic (exact) mass is 489 g/mol. The van der Waals surface area contributed by atoms with Crippen LogP contribution >= 0.6 is 15.9 Å². The lowest BCUT2D eigenvalue weighted by Gasteiger charge is -2.15. The summed E-state index contributed by atoms with van der Waals surface area (Å²) in [5, 5.41) is 29.9. The van der Waals surface area contributed by atoms with Gasteiger partial charge >= 0.3 is 5.97 Å². The Morgan fingerprint density at radius 2 is 1.90 bits per heavy atom. The van der Waals surface area contributed by atoms with Crippen molar-refractivity contribution in [3.63, 3.8) is 0 Å². The van der Waals surface area contributed by atoms with Gasteiger partial charge < -0.3 is 19.9 Å². The number of aliphatic hydroxyl groups is 2. The molecule has 0 fully saturated rings. The van der Waals surface area contributed by atoms with Crippen molar-refractivity contribution in [3.8, 4) is 11.1 Å². The van der Waals surface area contributed by atoms with Crippen LogP contribution in [-0.4, -0.2) is 38.1 Å². The second-order valence-electron chi connectivity index (χ2n) is 7.78. The molecule has 3 aromatic rings. The zero-order valence-electron chi connectivity index (χ0n) is 17.3. The first kappa shape index (κ1) is 23.2. The molecule has 0 unspecified atom stereocenters. The van der Waals surface area contributed by atoms with Crippen LogP contribution in [0.3, 0.4) is 0 Å². The van der Waals surface area contributed by atoms with Gasteiger partial charge in [0.1, 0.15) is 5.82 Å². The van der Waals surface area contributed by atoms with Crippen molar-refractivity contribution in [1.29, 1.82) is 0 Å². The molecule has 0 saturated heterocycles. The van der Waals surface area contributed by atoms with Crippen LogP contribution in [-0.2, 0) is 4.79 Å². The summed E-state index contributed by atoms with van der Waals surface area (Å²) in [4.78, 5) is 10.8. The molecule has 0 aliphatic heterocycles. The van der Waals surface area contributed by atoms with Gasteiger partial charge in [0.25, 0.3) is 0 Å². The second-order valence-corrected chi connectivity index (χ2v) is 8.63. The van der Waals surface area contributed by atoms with Gasteiger partial charge in [-0.1, -0.05) is 46.3 Å². The highest BCUT2D eigenvalue weighted by Gasteiger charge is 2.21. The van der Waals surface area contributed by atoms with E-state index in [4.69, 9.17) is 5.11 Å². The number of hydrogen-bond donors (Lipinski definition) is 3. The van der Waals surface area contributed by atoms with Crippen LogP contribution in [0, 0.1) is 5.82 Å². The first-order valence-corrected chi connectivity index (χ1v) is 10.8. The Kier molecular flexibility index (Phi) is 7.30. The van der Waals surface area contributed by atoms with Crippen LogP contribution in [0.2, 0.25) is 0 Å². The Morgan fingerprint density at radius 1 is 1.19 bits per heavy atom. The van der Waals surface area contributed by atoms with E-state index in [1.165, 1.54) is 12.1 Å². The Balaban J connectivity index is 2.13. The van der Waals surface area contributed by atoms with Gasteiger partial charge in [-0.2, -0.15) is 0 Å². The number of para-hydroxylation sites is 1. The highest BCUT2D eigenvalue weighted by atomic mass is 79.9. The highest BCUT2D eigenvalue weighted by Crippen LogP contribution is 2.41. The number of fused-ring (bicyclic) bond motifs is 1. The number of aromatic nitrogens is 1. The first-order valence-electron chi connectivity index (χ1n) is 10.0. The van der Waals surface area contributed by atoms with Crippen molar-refractivity contribution in [2.24, 2.45) is 0 Å². The molecule has 0 amide bonds. The Labute approximate surface area is 188 Å². The van der Waals surface area contributed by atoms with Gasteiger partial charge in [-0.3, -0.25) is 4.79 Å². The van der Waals surface area contributed by atoms with Crippen molar-refractivity contribution in [2.45, 2.75) is 44.9 Å². The summed E-state index contributed by atoms with van der Waals surface area (Å²) in [6.45, 7) is 4.11. The third-order valence-corrected chi connectivity index (χ3v) is 5.72. The smallest absolute Gasteiger partial charge is 0.305 e. The number of carboxylic acids is 1. The zero-order valence-corrected chi connectivity index (χ0v) is 18.9. The number of hydrogen-bond acceptors (Lipinski definition) is 3. The minimum absolute atomic E-state index is 0.0831. The Hall–Kier alpha value is -2.48. The summed E-state index contributed by atoms with van der Waals surface area (Å²) >= 11 is 3.47. The topological polar surface area (TPSA) is 82.7 Å². The van der Waals surface area contributed by atoms with Crippen LogP contribution in [0.1, 0.15) is 38.4 Å². The Morgan fingerprint density at radius 3 is 2.55 bits per heavy atom. The van der Waals surface area contributed by atoms with E-state index in [0.29, 0.717) is 4.47 Å². The van der Waals surface area contributed by atoms with Crippen molar-refractivity contribution in [2.75, 3.05) is 0 Å². The van der Waals surface area contributed by atoms with Gasteiger partial charge in [0.2, 0.25) is 0 Å². The molecule has 1 aromatic heterocycles. The van der Waals surface area contributed by atoms with E-state index in [9.17, 15) is 19.4 Å². The molecule has 2 atom stereocenters.